The molecule has 0 heterocycles. The zero-order valence-corrected chi connectivity index (χ0v) is 13.6. The van der Waals surface area contributed by atoms with E-state index in [9.17, 15) is 0 Å². The van der Waals surface area contributed by atoms with Crippen LogP contribution in [0.4, 0.5) is 0 Å². The van der Waals surface area contributed by atoms with E-state index >= 15 is 0 Å². The molecule has 3 fully saturated rings. The normalized spacial score (nSPS) is 48.1. The van der Waals surface area contributed by atoms with E-state index < -0.39 is 0 Å². The highest BCUT2D eigenvalue weighted by Gasteiger charge is 2.65. The van der Waals surface area contributed by atoms with Gasteiger partial charge in [0.25, 0.3) is 0 Å². The molecule has 4 rings (SSSR count). The van der Waals surface area contributed by atoms with Crippen molar-refractivity contribution in [3.05, 3.63) is 49.0 Å². The summed E-state index contributed by atoms with van der Waals surface area (Å²) in [4.78, 5) is 0. The van der Waals surface area contributed by atoms with Crippen LogP contribution in [0, 0.1) is 47.3 Å². The van der Waals surface area contributed by atoms with Crippen molar-refractivity contribution in [2.24, 2.45) is 47.3 Å². The Morgan fingerprint density at radius 3 is 1.68 bits per heavy atom. The number of hydrogen-bond acceptors (Lipinski definition) is 2. The van der Waals surface area contributed by atoms with Crippen LogP contribution in [0.25, 0.3) is 0 Å². The Hall–Kier alpha value is -1.44. The fourth-order valence-corrected chi connectivity index (χ4v) is 6.42. The van der Waals surface area contributed by atoms with Crippen LogP contribution in [0.5, 0.6) is 0 Å². The average Bonchev–Trinajstić information content (AvgIpc) is 3.22. The van der Waals surface area contributed by atoms with Crippen molar-refractivity contribution >= 4 is 0 Å². The predicted molar refractivity (Wildman–Crippen MR) is 87.7 cm³/mol. The standard InChI is InChI=1S/C20H26O2/c1-5-11-9-12(6-2)18-14-10-13(17(11)18)19-15(21-3)7-8-16(22-4)20(14)19/h5-8,11-14,17-20H,1-2,9-10H2,3-4H3. The van der Waals surface area contributed by atoms with Crippen LogP contribution in [0.1, 0.15) is 12.8 Å². The van der Waals surface area contributed by atoms with Crippen molar-refractivity contribution in [1.29, 1.82) is 0 Å². The van der Waals surface area contributed by atoms with E-state index in [0.717, 1.165) is 23.4 Å². The Morgan fingerprint density at radius 1 is 0.864 bits per heavy atom. The van der Waals surface area contributed by atoms with Crippen molar-refractivity contribution < 1.29 is 9.47 Å². The SMILES string of the molecule is C=CC1CC(C=C)C2C3CC(C4C(OC)=CC=C(OC)C34)C12. The molecule has 0 aromatic carbocycles. The topological polar surface area (TPSA) is 18.5 Å². The molecular weight excluding hydrogens is 272 g/mol. The van der Waals surface area contributed by atoms with Gasteiger partial charge in [-0.15, -0.1) is 13.2 Å². The summed E-state index contributed by atoms with van der Waals surface area (Å²) in [5.41, 5.74) is 0. The van der Waals surface area contributed by atoms with Gasteiger partial charge in [0, 0.05) is 11.8 Å². The fourth-order valence-electron chi connectivity index (χ4n) is 6.42. The fraction of sp³-hybridized carbons (Fsp3) is 0.600. The molecule has 8 unspecified atom stereocenters. The lowest BCUT2D eigenvalue weighted by Crippen LogP contribution is -2.39. The van der Waals surface area contributed by atoms with Gasteiger partial charge in [-0.1, -0.05) is 12.2 Å². The molecule has 2 heteroatoms. The maximum Gasteiger partial charge on any atom is 0.0997 e. The van der Waals surface area contributed by atoms with E-state index in [2.05, 4.69) is 37.5 Å². The van der Waals surface area contributed by atoms with E-state index in [1.807, 2.05) is 14.2 Å². The van der Waals surface area contributed by atoms with Crippen LogP contribution in [-0.4, -0.2) is 14.2 Å². The molecular formula is C20H26O2. The van der Waals surface area contributed by atoms with Gasteiger partial charge in [-0.25, -0.2) is 0 Å². The summed E-state index contributed by atoms with van der Waals surface area (Å²) in [6, 6.07) is 0. The third-order valence-electron chi connectivity index (χ3n) is 6.97. The molecule has 0 radical (unpaired) electrons. The summed E-state index contributed by atoms with van der Waals surface area (Å²) in [7, 11) is 3.62. The summed E-state index contributed by atoms with van der Waals surface area (Å²) < 4.78 is 11.5. The van der Waals surface area contributed by atoms with Crippen LogP contribution in [-0.2, 0) is 9.47 Å². The molecule has 3 saturated carbocycles. The maximum atomic E-state index is 5.74. The quantitative estimate of drug-likeness (QED) is 0.725. The molecule has 22 heavy (non-hydrogen) atoms. The molecule has 0 spiro atoms. The molecule has 2 bridgehead atoms. The molecule has 0 amide bonds. The van der Waals surface area contributed by atoms with Crippen molar-refractivity contribution in [3.8, 4) is 0 Å². The minimum absolute atomic E-state index is 0.502. The Balaban J connectivity index is 1.76. The van der Waals surface area contributed by atoms with E-state index in [0.29, 0.717) is 35.5 Å². The van der Waals surface area contributed by atoms with Gasteiger partial charge in [0.15, 0.2) is 0 Å². The first kappa shape index (κ1) is 14.2. The number of fused-ring (bicyclic) bond motifs is 8. The Bertz CT molecular complexity index is 510. The van der Waals surface area contributed by atoms with Crippen LogP contribution in [0.15, 0.2) is 49.0 Å². The number of methoxy groups -OCH3 is 2. The van der Waals surface area contributed by atoms with E-state index in [-0.39, 0.29) is 0 Å². The number of allylic oxidation sites excluding steroid dienone is 6. The van der Waals surface area contributed by atoms with Crippen molar-refractivity contribution in [2.75, 3.05) is 14.2 Å². The largest absolute Gasteiger partial charge is 0.501 e. The molecule has 4 aliphatic carbocycles. The van der Waals surface area contributed by atoms with Gasteiger partial charge in [0.05, 0.1) is 25.7 Å². The second kappa shape index (κ2) is 5.04. The number of hydrogen-bond donors (Lipinski definition) is 0. The molecule has 118 valence electrons. The molecule has 0 N–H and O–H groups in total. The van der Waals surface area contributed by atoms with Gasteiger partial charge >= 0.3 is 0 Å². The lowest BCUT2D eigenvalue weighted by molar-refractivity contribution is 0.0589. The number of rotatable bonds is 4. The minimum Gasteiger partial charge on any atom is -0.501 e. The molecule has 0 aromatic heterocycles. The first-order chi connectivity index (χ1) is 10.7. The van der Waals surface area contributed by atoms with Gasteiger partial charge in [-0.05, 0) is 60.5 Å². The molecule has 4 aliphatic rings. The first-order valence-electron chi connectivity index (χ1n) is 8.50. The van der Waals surface area contributed by atoms with Gasteiger partial charge in [0.1, 0.15) is 0 Å². The number of ether oxygens (including phenoxy) is 2. The van der Waals surface area contributed by atoms with E-state index in [1.54, 1.807) is 0 Å². The average molecular weight is 298 g/mol. The summed E-state index contributed by atoms with van der Waals surface area (Å²) >= 11 is 0. The van der Waals surface area contributed by atoms with Gasteiger partial charge in [-0.3, -0.25) is 0 Å². The molecule has 8 atom stereocenters. The zero-order valence-electron chi connectivity index (χ0n) is 13.6. The summed E-state index contributed by atoms with van der Waals surface area (Å²) in [5.74, 6) is 7.50. The smallest absolute Gasteiger partial charge is 0.0997 e. The van der Waals surface area contributed by atoms with E-state index in [4.69, 9.17) is 9.47 Å². The van der Waals surface area contributed by atoms with Crippen LogP contribution >= 0.6 is 0 Å². The van der Waals surface area contributed by atoms with Gasteiger partial charge in [0.2, 0.25) is 0 Å². The second-order valence-corrected chi connectivity index (χ2v) is 7.35. The minimum atomic E-state index is 0.502. The zero-order chi connectivity index (χ0) is 15.4. The van der Waals surface area contributed by atoms with Crippen molar-refractivity contribution in [1.82, 2.24) is 0 Å². The predicted octanol–water partition coefficient (Wildman–Crippen LogP) is 4.18. The van der Waals surface area contributed by atoms with Crippen LogP contribution in [0.2, 0.25) is 0 Å². The second-order valence-electron chi connectivity index (χ2n) is 7.35. The summed E-state index contributed by atoms with van der Waals surface area (Å²) in [6.07, 6.45) is 11.2. The molecule has 0 saturated heterocycles. The monoisotopic (exact) mass is 298 g/mol. The molecule has 2 nitrogen and oxygen atoms in total. The van der Waals surface area contributed by atoms with Gasteiger partial charge < -0.3 is 9.47 Å². The highest BCUT2D eigenvalue weighted by molar-refractivity contribution is 5.32. The molecule has 0 aromatic rings. The Morgan fingerprint density at radius 2 is 1.32 bits per heavy atom. The lowest BCUT2D eigenvalue weighted by atomic mass is 9.64. The third-order valence-corrected chi connectivity index (χ3v) is 6.97. The summed E-state index contributed by atoms with van der Waals surface area (Å²) in [6.45, 7) is 8.23. The third kappa shape index (κ3) is 1.61. The van der Waals surface area contributed by atoms with Crippen molar-refractivity contribution in [3.63, 3.8) is 0 Å². The van der Waals surface area contributed by atoms with E-state index in [1.165, 1.54) is 12.8 Å². The first-order valence-corrected chi connectivity index (χ1v) is 8.50. The van der Waals surface area contributed by atoms with Gasteiger partial charge in [-0.2, -0.15) is 0 Å². The molecule has 0 aliphatic heterocycles. The Labute approximate surface area is 133 Å². The summed E-state index contributed by atoms with van der Waals surface area (Å²) in [5, 5.41) is 0. The highest BCUT2D eigenvalue weighted by atomic mass is 16.5. The van der Waals surface area contributed by atoms with Crippen LogP contribution in [0.3, 0.4) is 0 Å². The van der Waals surface area contributed by atoms with Crippen LogP contribution < -0.4 is 0 Å². The lowest BCUT2D eigenvalue weighted by Gasteiger charge is -2.42. The maximum absolute atomic E-state index is 5.74. The Kier molecular flexibility index (Phi) is 3.25. The van der Waals surface area contributed by atoms with Crippen molar-refractivity contribution in [2.45, 2.75) is 12.8 Å². The highest BCUT2D eigenvalue weighted by Crippen LogP contribution is 2.69.